The van der Waals surface area contributed by atoms with Gasteiger partial charge >= 0.3 is 0 Å². The Kier molecular flexibility index (Phi) is 4.17. The summed E-state index contributed by atoms with van der Waals surface area (Å²) in [5, 5.41) is 0. The van der Waals surface area contributed by atoms with E-state index in [2.05, 4.69) is 24.0 Å². The lowest BCUT2D eigenvalue weighted by Gasteiger charge is -2.30. The number of methoxy groups -OCH3 is 1. The Morgan fingerprint density at radius 3 is 2.53 bits per heavy atom. The molecular weight excluding hydrogens is 236 g/mol. The van der Waals surface area contributed by atoms with Gasteiger partial charge in [0.15, 0.2) is 0 Å². The molecule has 0 radical (unpaired) electrons. The monoisotopic (exact) mass is 256 g/mol. The van der Waals surface area contributed by atoms with Crippen molar-refractivity contribution in [1.29, 1.82) is 0 Å². The molecular formula is C16H20N2O. The van der Waals surface area contributed by atoms with Crippen molar-refractivity contribution in [2.45, 2.75) is 25.3 Å². The molecule has 2 rings (SSSR count). The van der Waals surface area contributed by atoms with E-state index in [1.807, 2.05) is 30.5 Å². The van der Waals surface area contributed by atoms with Crippen LogP contribution in [-0.2, 0) is 5.54 Å². The van der Waals surface area contributed by atoms with Crippen molar-refractivity contribution < 1.29 is 4.74 Å². The van der Waals surface area contributed by atoms with Crippen molar-refractivity contribution in [2.75, 3.05) is 7.11 Å². The highest BCUT2D eigenvalue weighted by molar-refractivity contribution is 5.39. The van der Waals surface area contributed by atoms with Gasteiger partial charge in [0.05, 0.1) is 18.8 Å². The molecule has 2 N–H and O–H groups in total. The maximum absolute atomic E-state index is 6.68. The molecule has 1 aromatic carbocycles. The average Bonchev–Trinajstić information content (AvgIpc) is 2.48. The third-order valence-electron chi connectivity index (χ3n) is 3.40. The first-order valence-corrected chi connectivity index (χ1v) is 6.54. The first-order valence-electron chi connectivity index (χ1n) is 6.54. The Hall–Kier alpha value is -1.87. The summed E-state index contributed by atoms with van der Waals surface area (Å²) in [5.41, 5.74) is 8.25. The number of pyridine rings is 1. The topological polar surface area (TPSA) is 48.1 Å². The van der Waals surface area contributed by atoms with Gasteiger partial charge in [-0.3, -0.25) is 4.98 Å². The minimum absolute atomic E-state index is 0.516. The summed E-state index contributed by atoms with van der Waals surface area (Å²) in [7, 11) is 1.64. The highest BCUT2D eigenvalue weighted by Gasteiger charge is 2.29. The lowest BCUT2D eigenvalue weighted by Crippen LogP contribution is -2.38. The number of hydrogen-bond donors (Lipinski definition) is 1. The molecule has 0 aliphatic heterocycles. The fourth-order valence-corrected chi connectivity index (χ4v) is 2.36. The van der Waals surface area contributed by atoms with Crippen molar-refractivity contribution in [1.82, 2.24) is 4.98 Å². The predicted octanol–water partition coefficient (Wildman–Crippen LogP) is 3.09. The Morgan fingerprint density at radius 1 is 1.16 bits per heavy atom. The van der Waals surface area contributed by atoms with Gasteiger partial charge in [0.2, 0.25) is 0 Å². The van der Waals surface area contributed by atoms with E-state index in [0.717, 1.165) is 29.7 Å². The van der Waals surface area contributed by atoms with E-state index >= 15 is 0 Å². The summed E-state index contributed by atoms with van der Waals surface area (Å²) in [5.74, 6) is 0.736. The molecule has 100 valence electrons. The molecule has 0 saturated carbocycles. The standard InChI is InChI=1S/C16H20N2O/c1-3-9-16(17,13-7-5-4-6-8-13)14-10-15(19-2)12-18-11-14/h4-8,10-12H,3,9,17H2,1-2H3. The number of hydrogen-bond acceptors (Lipinski definition) is 3. The summed E-state index contributed by atoms with van der Waals surface area (Å²) in [6.45, 7) is 2.14. The van der Waals surface area contributed by atoms with Gasteiger partial charge in [-0.05, 0) is 23.6 Å². The van der Waals surface area contributed by atoms with Gasteiger partial charge in [-0.25, -0.2) is 0 Å². The van der Waals surface area contributed by atoms with E-state index < -0.39 is 5.54 Å². The van der Waals surface area contributed by atoms with Gasteiger partial charge in [0.25, 0.3) is 0 Å². The van der Waals surface area contributed by atoms with Crippen LogP contribution in [0.3, 0.4) is 0 Å². The van der Waals surface area contributed by atoms with Crippen molar-refractivity contribution in [3.05, 3.63) is 59.9 Å². The molecule has 0 bridgehead atoms. The highest BCUT2D eigenvalue weighted by atomic mass is 16.5. The van der Waals surface area contributed by atoms with E-state index in [0.29, 0.717) is 0 Å². The fourth-order valence-electron chi connectivity index (χ4n) is 2.36. The smallest absolute Gasteiger partial charge is 0.137 e. The largest absolute Gasteiger partial charge is 0.495 e. The third kappa shape index (κ3) is 2.76. The van der Waals surface area contributed by atoms with Crippen LogP contribution in [0.4, 0.5) is 0 Å². The molecule has 0 saturated heterocycles. The summed E-state index contributed by atoms with van der Waals surface area (Å²) >= 11 is 0. The molecule has 1 aromatic heterocycles. The van der Waals surface area contributed by atoms with E-state index in [9.17, 15) is 0 Å². The van der Waals surface area contributed by atoms with Gasteiger partial charge in [0.1, 0.15) is 5.75 Å². The second-order valence-electron chi connectivity index (χ2n) is 4.70. The fraction of sp³-hybridized carbons (Fsp3) is 0.312. The van der Waals surface area contributed by atoms with Gasteiger partial charge in [-0.1, -0.05) is 43.7 Å². The number of nitrogens with zero attached hydrogens (tertiary/aromatic N) is 1. The predicted molar refractivity (Wildman–Crippen MR) is 77.1 cm³/mol. The van der Waals surface area contributed by atoms with Gasteiger partial charge in [-0.15, -0.1) is 0 Å². The van der Waals surface area contributed by atoms with E-state index in [-0.39, 0.29) is 0 Å². The molecule has 1 heterocycles. The quantitative estimate of drug-likeness (QED) is 0.894. The summed E-state index contributed by atoms with van der Waals surface area (Å²) < 4.78 is 5.25. The maximum Gasteiger partial charge on any atom is 0.137 e. The lowest BCUT2D eigenvalue weighted by molar-refractivity contribution is 0.408. The van der Waals surface area contributed by atoms with Crippen LogP contribution in [-0.4, -0.2) is 12.1 Å². The average molecular weight is 256 g/mol. The van der Waals surface area contributed by atoms with Gasteiger partial charge in [-0.2, -0.15) is 0 Å². The van der Waals surface area contributed by atoms with Crippen molar-refractivity contribution in [2.24, 2.45) is 5.73 Å². The Bertz CT molecular complexity index is 527. The Morgan fingerprint density at radius 2 is 1.89 bits per heavy atom. The minimum Gasteiger partial charge on any atom is -0.495 e. The van der Waals surface area contributed by atoms with Crippen LogP contribution in [0.5, 0.6) is 5.75 Å². The normalized spacial score (nSPS) is 13.8. The molecule has 0 aliphatic rings. The number of rotatable bonds is 5. The van der Waals surface area contributed by atoms with E-state index in [1.165, 1.54) is 0 Å². The van der Waals surface area contributed by atoms with Crippen LogP contribution in [0.15, 0.2) is 48.8 Å². The summed E-state index contributed by atoms with van der Waals surface area (Å²) in [6, 6.07) is 12.1. The zero-order valence-corrected chi connectivity index (χ0v) is 11.5. The zero-order chi connectivity index (χ0) is 13.7. The molecule has 3 nitrogen and oxygen atoms in total. The van der Waals surface area contributed by atoms with Crippen LogP contribution in [0, 0.1) is 0 Å². The number of benzene rings is 1. The first-order chi connectivity index (χ1) is 9.20. The number of nitrogens with two attached hydrogens (primary N) is 1. The highest BCUT2D eigenvalue weighted by Crippen LogP contribution is 2.32. The molecule has 0 spiro atoms. The molecule has 1 atom stereocenters. The Labute approximate surface area is 114 Å². The zero-order valence-electron chi connectivity index (χ0n) is 11.5. The molecule has 19 heavy (non-hydrogen) atoms. The molecule has 0 fully saturated rings. The number of aromatic nitrogens is 1. The van der Waals surface area contributed by atoms with Crippen LogP contribution < -0.4 is 10.5 Å². The number of ether oxygens (including phenoxy) is 1. The summed E-state index contributed by atoms with van der Waals surface area (Å²) in [6.07, 6.45) is 5.39. The van der Waals surface area contributed by atoms with Crippen molar-refractivity contribution in [3.8, 4) is 5.75 Å². The molecule has 0 amide bonds. The van der Waals surface area contributed by atoms with Crippen LogP contribution >= 0.6 is 0 Å². The van der Waals surface area contributed by atoms with Crippen molar-refractivity contribution in [3.63, 3.8) is 0 Å². The molecule has 1 unspecified atom stereocenters. The van der Waals surface area contributed by atoms with Crippen LogP contribution in [0.1, 0.15) is 30.9 Å². The van der Waals surface area contributed by atoms with Crippen LogP contribution in [0.25, 0.3) is 0 Å². The summed E-state index contributed by atoms with van der Waals surface area (Å²) in [4.78, 5) is 4.22. The second kappa shape index (κ2) is 5.85. The Balaban J connectivity index is 2.49. The van der Waals surface area contributed by atoms with E-state index in [1.54, 1.807) is 13.3 Å². The molecule has 3 heteroatoms. The van der Waals surface area contributed by atoms with Gasteiger partial charge < -0.3 is 10.5 Å². The van der Waals surface area contributed by atoms with Crippen molar-refractivity contribution >= 4 is 0 Å². The van der Waals surface area contributed by atoms with Gasteiger partial charge in [0, 0.05) is 6.20 Å². The third-order valence-corrected chi connectivity index (χ3v) is 3.40. The maximum atomic E-state index is 6.68. The second-order valence-corrected chi connectivity index (χ2v) is 4.70. The lowest BCUT2D eigenvalue weighted by atomic mass is 9.81. The van der Waals surface area contributed by atoms with Crippen LogP contribution in [0.2, 0.25) is 0 Å². The van der Waals surface area contributed by atoms with E-state index in [4.69, 9.17) is 10.5 Å². The first kappa shape index (κ1) is 13.6. The minimum atomic E-state index is -0.516. The molecule has 2 aromatic rings. The molecule has 0 aliphatic carbocycles. The SMILES string of the molecule is CCCC(N)(c1ccccc1)c1cncc(OC)c1.